The number of rotatable bonds is 6. The quantitative estimate of drug-likeness (QED) is 0.498. The monoisotopic (exact) mass is 332 g/mol. The highest BCUT2D eigenvalue weighted by atomic mass is 15.2. The van der Waals surface area contributed by atoms with Gasteiger partial charge in [-0.25, -0.2) is 4.98 Å². The molecular weight excluding hydrogens is 316 g/mol. The van der Waals surface area contributed by atoms with Crippen molar-refractivity contribution in [2.24, 2.45) is 0 Å². The second-order valence-corrected chi connectivity index (χ2v) is 5.43. The molecule has 25 heavy (non-hydrogen) atoms. The Morgan fingerprint density at radius 1 is 0.880 bits per heavy atom. The van der Waals surface area contributed by atoms with Crippen LogP contribution in [0.15, 0.2) is 55.4 Å². The maximum Gasteiger partial charge on any atom is 0.227 e. The van der Waals surface area contributed by atoms with Crippen molar-refractivity contribution in [3.8, 4) is 0 Å². The first-order valence-corrected chi connectivity index (χ1v) is 7.85. The van der Waals surface area contributed by atoms with Gasteiger partial charge in [0.25, 0.3) is 0 Å². The van der Waals surface area contributed by atoms with Gasteiger partial charge in [0.2, 0.25) is 5.95 Å². The number of nitrogens with one attached hydrogen (secondary N) is 3. The summed E-state index contributed by atoms with van der Waals surface area (Å²) in [4.78, 5) is 24.5. The van der Waals surface area contributed by atoms with Gasteiger partial charge in [-0.2, -0.15) is 9.97 Å². The third kappa shape index (κ3) is 3.52. The van der Waals surface area contributed by atoms with Gasteiger partial charge in [0.1, 0.15) is 5.52 Å². The van der Waals surface area contributed by atoms with Gasteiger partial charge in [0.15, 0.2) is 11.5 Å². The molecule has 0 amide bonds. The van der Waals surface area contributed by atoms with E-state index in [0.29, 0.717) is 30.5 Å². The van der Waals surface area contributed by atoms with Crippen LogP contribution in [0, 0.1) is 0 Å². The fourth-order valence-electron chi connectivity index (χ4n) is 2.41. The zero-order valence-corrected chi connectivity index (χ0v) is 13.3. The largest absolute Gasteiger partial charge is 0.364 e. The van der Waals surface area contributed by atoms with Crippen molar-refractivity contribution in [2.45, 2.75) is 13.1 Å². The Morgan fingerprint density at radius 2 is 1.60 bits per heavy atom. The Labute approximate surface area is 143 Å². The van der Waals surface area contributed by atoms with Crippen molar-refractivity contribution < 1.29 is 0 Å². The Morgan fingerprint density at radius 3 is 2.28 bits per heavy atom. The molecule has 8 heteroatoms. The number of hydrogen-bond donors (Lipinski definition) is 3. The molecule has 3 N–H and O–H groups in total. The van der Waals surface area contributed by atoms with Crippen LogP contribution >= 0.6 is 0 Å². The molecule has 0 saturated heterocycles. The molecule has 8 nitrogen and oxygen atoms in total. The second-order valence-electron chi connectivity index (χ2n) is 5.43. The van der Waals surface area contributed by atoms with E-state index >= 15 is 0 Å². The molecule has 0 unspecified atom stereocenters. The van der Waals surface area contributed by atoms with Crippen molar-refractivity contribution in [2.75, 3.05) is 10.6 Å². The Bertz CT molecular complexity index is 952. The number of fused-ring (bicyclic) bond motifs is 1. The summed E-state index contributed by atoms with van der Waals surface area (Å²) in [5.74, 6) is 1.21. The normalized spacial score (nSPS) is 10.7. The molecule has 4 aromatic heterocycles. The third-order valence-corrected chi connectivity index (χ3v) is 3.64. The predicted molar refractivity (Wildman–Crippen MR) is 94.8 cm³/mol. The highest BCUT2D eigenvalue weighted by Crippen LogP contribution is 2.19. The first kappa shape index (κ1) is 15.0. The highest BCUT2D eigenvalue weighted by molar-refractivity contribution is 5.83. The van der Waals surface area contributed by atoms with E-state index in [-0.39, 0.29) is 0 Å². The average molecular weight is 332 g/mol. The summed E-state index contributed by atoms with van der Waals surface area (Å²) < 4.78 is 0. The van der Waals surface area contributed by atoms with E-state index in [1.807, 2.05) is 36.7 Å². The van der Waals surface area contributed by atoms with Gasteiger partial charge in [-0.1, -0.05) is 12.1 Å². The minimum absolute atomic E-state index is 0.511. The number of H-pyrrole nitrogens is 1. The Kier molecular flexibility index (Phi) is 4.15. The fourth-order valence-corrected chi connectivity index (χ4v) is 2.41. The number of nitrogens with zero attached hydrogens (tertiary/aromatic N) is 5. The van der Waals surface area contributed by atoms with Crippen LogP contribution in [0.25, 0.3) is 11.2 Å². The zero-order valence-electron chi connectivity index (χ0n) is 13.3. The summed E-state index contributed by atoms with van der Waals surface area (Å²) in [6.07, 6.45) is 8.74. The van der Waals surface area contributed by atoms with Crippen molar-refractivity contribution in [3.05, 3.63) is 66.5 Å². The van der Waals surface area contributed by atoms with E-state index in [1.165, 1.54) is 0 Å². The summed E-state index contributed by atoms with van der Waals surface area (Å²) in [7, 11) is 0. The molecule has 0 spiro atoms. The average Bonchev–Trinajstić information content (AvgIpc) is 3.15. The minimum atomic E-state index is 0.511. The molecule has 0 fully saturated rings. The molecule has 0 aliphatic heterocycles. The lowest BCUT2D eigenvalue weighted by Gasteiger charge is -2.09. The van der Waals surface area contributed by atoms with Gasteiger partial charge in [0.05, 0.1) is 6.33 Å². The zero-order chi connectivity index (χ0) is 16.9. The van der Waals surface area contributed by atoms with Crippen LogP contribution in [-0.2, 0) is 13.1 Å². The first-order chi connectivity index (χ1) is 12.4. The van der Waals surface area contributed by atoms with E-state index in [9.17, 15) is 0 Å². The lowest BCUT2D eigenvalue weighted by Crippen LogP contribution is -2.08. The van der Waals surface area contributed by atoms with Crippen LogP contribution in [0.5, 0.6) is 0 Å². The van der Waals surface area contributed by atoms with Crippen molar-refractivity contribution in [3.63, 3.8) is 0 Å². The van der Waals surface area contributed by atoms with Crippen molar-refractivity contribution >= 4 is 22.9 Å². The fraction of sp³-hybridized carbons (Fsp3) is 0.118. The maximum atomic E-state index is 4.56. The summed E-state index contributed by atoms with van der Waals surface area (Å²) in [6, 6.07) is 7.81. The summed E-state index contributed by atoms with van der Waals surface area (Å²) in [5.41, 5.74) is 3.50. The van der Waals surface area contributed by atoms with Crippen molar-refractivity contribution in [1.29, 1.82) is 0 Å². The second kappa shape index (κ2) is 6.91. The Hall–Kier alpha value is -3.55. The molecule has 4 aromatic rings. The van der Waals surface area contributed by atoms with E-state index in [0.717, 1.165) is 16.6 Å². The van der Waals surface area contributed by atoms with Crippen molar-refractivity contribution in [1.82, 2.24) is 29.9 Å². The van der Waals surface area contributed by atoms with Crippen LogP contribution < -0.4 is 10.6 Å². The topological polar surface area (TPSA) is 104 Å². The number of imidazole rings is 1. The van der Waals surface area contributed by atoms with E-state index in [1.54, 1.807) is 18.7 Å². The highest BCUT2D eigenvalue weighted by Gasteiger charge is 2.10. The van der Waals surface area contributed by atoms with E-state index in [2.05, 4.69) is 40.5 Å². The van der Waals surface area contributed by atoms with Crippen LogP contribution in [-0.4, -0.2) is 29.9 Å². The van der Waals surface area contributed by atoms with Crippen LogP contribution in [0.1, 0.15) is 11.1 Å². The number of hydrogen-bond acceptors (Lipinski definition) is 7. The molecule has 0 saturated carbocycles. The molecular formula is C17H16N8. The SMILES string of the molecule is c1cncc(CNc2nc(NCc3cccnc3)c3[nH]cnc3n2)c1. The van der Waals surface area contributed by atoms with Gasteiger partial charge in [-0.15, -0.1) is 0 Å². The van der Waals surface area contributed by atoms with Gasteiger partial charge in [0, 0.05) is 37.9 Å². The number of aromatic nitrogens is 6. The lowest BCUT2D eigenvalue weighted by molar-refractivity contribution is 1.03. The molecule has 0 bridgehead atoms. The van der Waals surface area contributed by atoms with Gasteiger partial charge >= 0.3 is 0 Å². The molecule has 124 valence electrons. The molecule has 4 rings (SSSR count). The molecule has 0 aliphatic rings. The maximum absolute atomic E-state index is 4.56. The molecule has 0 aromatic carbocycles. The number of anilines is 2. The standard InChI is InChI=1S/C17H16N8/c1-3-12(7-18-5-1)9-20-15-14-16(23-11-22-14)25-17(24-15)21-10-13-4-2-6-19-8-13/h1-8,11H,9-10H2,(H3,20,21,22,23,24,25). The summed E-state index contributed by atoms with van der Waals surface area (Å²) >= 11 is 0. The van der Waals surface area contributed by atoms with Crippen LogP contribution in [0.3, 0.4) is 0 Å². The van der Waals surface area contributed by atoms with Gasteiger partial charge < -0.3 is 15.6 Å². The molecule has 0 aliphatic carbocycles. The van der Waals surface area contributed by atoms with Gasteiger partial charge in [-0.3, -0.25) is 9.97 Å². The predicted octanol–water partition coefficient (Wildman–Crippen LogP) is 2.37. The van der Waals surface area contributed by atoms with E-state index < -0.39 is 0 Å². The molecule has 0 atom stereocenters. The number of pyridine rings is 2. The van der Waals surface area contributed by atoms with Crippen LogP contribution in [0.4, 0.5) is 11.8 Å². The Balaban J connectivity index is 1.54. The van der Waals surface area contributed by atoms with Crippen LogP contribution in [0.2, 0.25) is 0 Å². The first-order valence-electron chi connectivity index (χ1n) is 7.85. The smallest absolute Gasteiger partial charge is 0.227 e. The molecule has 0 radical (unpaired) electrons. The lowest BCUT2D eigenvalue weighted by atomic mass is 10.3. The molecule has 4 heterocycles. The third-order valence-electron chi connectivity index (χ3n) is 3.64. The summed E-state index contributed by atoms with van der Waals surface area (Å²) in [5, 5.41) is 6.53. The van der Waals surface area contributed by atoms with E-state index in [4.69, 9.17) is 0 Å². The summed E-state index contributed by atoms with van der Waals surface area (Å²) in [6.45, 7) is 1.20. The number of aromatic amines is 1. The van der Waals surface area contributed by atoms with Gasteiger partial charge in [-0.05, 0) is 23.3 Å². The minimum Gasteiger partial charge on any atom is -0.364 e.